The second-order valence-electron chi connectivity index (χ2n) is 3.50. The smallest absolute Gasteiger partial charge is 0.325 e. The number of methoxy groups -OCH3 is 3. The molecule has 1 amide bonds. The fourth-order valence-corrected chi connectivity index (χ4v) is 1.20. The van der Waals surface area contributed by atoms with E-state index in [9.17, 15) is 14.4 Å². The lowest BCUT2D eigenvalue weighted by atomic mass is 10.3. The maximum absolute atomic E-state index is 11.8. The molecular formula is C11H19NO6. The van der Waals surface area contributed by atoms with Gasteiger partial charge in [0.15, 0.2) is 0 Å². The summed E-state index contributed by atoms with van der Waals surface area (Å²) in [7, 11) is 3.97. The number of carbonyl (C=O) groups is 3. The first-order valence-electron chi connectivity index (χ1n) is 5.45. The summed E-state index contributed by atoms with van der Waals surface area (Å²) in [5, 5.41) is 0. The highest BCUT2D eigenvalue weighted by Crippen LogP contribution is 2.00. The lowest BCUT2D eigenvalue weighted by Crippen LogP contribution is -2.40. The standard InChI is InChI=1S/C11H19NO6/c1-16-6-4-5-9(13)12(7-10(14)17-2)8-11(15)18-3/h4-8H2,1-3H3. The van der Waals surface area contributed by atoms with Crippen LogP contribution in [0.1, 0.15) is 12.8 Å². The van der Waals surface area contributed by atoms with Gasteiger partial charge in [-0.3, -0.25) is 14.4 Å². The Morgan fingerprint density at radius 3 is 1.83 bits per heavy atom. The van der Waals surface area contributed by atoms with Gasteiger partial charge in [-0.1, -0.05) is 0 Å². The normalized spacial score (nSPS) is 9.72. The highest BCUT2D eigenvalue weighted by Gasteiger charge is 2.20. The van der Waals surface area contributed by atoms with E-state index in [0.29, 0.717) is 13.0 Å². The Hall–Kier alpha value is -1.63. The zero-order valence-corrected chi connectivity index (χ0v) is 10.9. The van der Waals surface area contributed by atoms with Crippen molar-refractivity contribution in [3.8, 4) is 0 Å². The van der Waals surface area contributed by atoms with E-state index >= 15 is 0 Å². The molecule has 0 spiro atoms. The van der Waals surface area contributed by atoms with E-state index in [0.717, 1.165) is 4.90 Å². The summed E-state index contributed by atoms with van der Waals surface area (Å²) in [6, 6.07) is 0. The van der Waals surface area contributed by atoms with Crippen LogP contribution in [-0.2, 0) is 28.6 Å². The Kier molecular flexibility index (Phi) is 8.55. The third-order valence-electron chi connectivity index (χ3n) is 2.19. The maximum Gasteiger partial charge on any atom is 0.325 e. The van der Waals surface area contributed by atoms with Crippen LogP contribution in [0.2, 0.25) is 0 Å². The molecule has 0 atom stereocenters. The van der Waals surface area contributed by atoms with Crippen molar-refractivity contribution in [1.29, 1.82) is 0 Å². The SMILES string of the molecule is COCCCC(=O)N(CC(=O)OC)CC(=O)OC. The molecule has 7 heteroatoms. The summed E-state index contributed by atoms with van der Waals surface area (Å²) in [6.07, 6.45) is 0.718. The summed E-state index contributed by atoms with van der Waals surface area (Å²) < 4.78 is 13.7. The molecule has 0 aromatic carbocycles. The zero-order valence-electron chi connectivity index (χ0n) is 10.9. The predicted octanol–water partition coefficient (Wildman–Crippen LogP) is -0.412. The zero-order chi connectivity index (χ0) is 14.0. The molecule has 0 N–H and O–H groups in total. The highest BCUT2D eigenvalue weighted by atomic mass is 16.5. The van der Waals surface area contributed by atoms with Gasteiger partial charge in [-0.25, -0.2) is 0 Å². The third kappa shape index (κ3) is 6.85. The number of hydrogen-bond donors (Lipinski definition) is 0. The van der Waals surface area contributed by atoms with Gasteiger partial charge in [-0.05, 0) is 6.42 Å². The van der Waals surface area contributed by atoms with E-state index in [1.807, 2.05) is 0 Å². The molecule has 0 aliphatic heterocycles. The molecular weight excluding hydrogens is 242 g/mol. The number of hydrogen-bond acceptors (Lipinski definition) is 6. The Bertz CT molecular complexity index is 273. The van der Waals surface area contributed by atoms with E-state index in [1.54, 1.807) is 0 Å². The van der Waals surface area contributed by atoms with Crippen LogP contribution < -0.4 is 0 Å². The van der Waals surface area contributed by atoms with Gasteiger partial charge in [0.05, 0.1) is 14.2 Å². The minimum absolute atomic E-state index is 0.196. The number of carbonyl (C=O) groups excluding carboxylic acids is 3. The van der Waals surface area contributed by atoms with Crippen molar-refractivity contribution in [2.75, 3.05) is 41.0 Å². The van der Waals surface area contributed by atoms with Crippen LogP contribution in [0.5, 0.6) is 0 Å². The second-order valence-corrected chi connectivity index (χ2v) is 3.50. The average molecular weight is 261 g/mol. The molecule has 0 saturated heterocycles. The molecule has 0 aromatic heterocycles. The number of nitrogens with zero attached hydrogens (tertiary/aromatic N) is 1. The predicted molar refractivity (Wildman–Crippen MR) is 61.7 cm³/mol. The summed E-state index contributed by atoms with van der Waals surface area (Å²) >= 11 is 0. The van der Waals surface area contributed by atoms with Crippen molar-refractivity contribution in [2.24, 2.45) is 0 Å². The summed E-state index contributed by atoms with van der Waals surface area (Å²) in [6.45, 7) is -0.0924. The third-order valence-corrected chi connectivity index (χ3v) is 2.19. The lowest BCUT2D eigenvalue weighted by Gasteiger charge is -2.19. The lowest BCUT2D eigenvalue weighted by molar-refractivity contribution is -0.152. The molecule has 0 fully saturated rings. The molecule has 0 unspecified atom stereocenters. The van der Waals surface area contributed by atoms with Gasteiger partial charge in [0.2, 0.25) is 5.91 Å². The molecule has 18 heavy (non-hydrogen) atoms. The van der Waals surface area contributed by atoms with E-state index in [-0.39, 0.29) is 25.4 Å². The molecule has 0 heterocycles. The number of ether oxygens (including phenoxy) is 3. The molecule has 0 aromatic rings. The first kappa shape index (κ1) is 16.4. The summed E-state index contributed by atoms with van der Waals surface area (Å²) in [4.78, 5) is 35.1. The van der Waals surface area contributed by atoms with Gasteiger partial charge in [-0.15, -0.1) is 0 Å². The van der Waals surface area contributed by atoms with E-state index < -0.39 is 11.9 Å². The molecule has 7 nitrogen and oxygen atoms in total. The van der Waals surface area contributed by atoms with Crippen LogP contribution >= 0.6 is 0 Å². The quantitative estimate of drug-likeness (QED) is 0.436. The molecule has 104 valence electrons. The molecule has 0 rings (SSSR count). The molecule has 0 aliphatic carbocycles. The van der Waals surface area contributed by atoms with Gasteiger partial charge in [0.1, 0.15) is 13.1 Å². The van der Waals surface area contributed by atoms with E-state index in [2.05, 4.69) is 9.47 Å². The van der Waals surface area contributed by atoms with E-state index in [4.69, 9.17) is 4.74 Å². The monoisotopic (exact) mass is 261 g/mol. The summed E-state index contributed by atoms with van der Waals surface area (Å²) in [5.41, 5.74) is 0. The van der Waals surface area contributed by atoms with Crippen LogP contribution in [-0.4, -0.2) is 63.8 Å². The number of esters is 2. The molecule has 0 bridgehead atoms. The van der Waals surface area contributed by atoms with Crippen molar-refractivity contribution >= 4 is 17.8 Å². The number of rotatable bonds is 8. The molecule has 0 saturated carbocycles. The fraction of sp³-hybridized carbons (Fsp3) is 0.727. The van der Waals surface area contributed by atoms with Crippen LogP contribution in [0.25, 0.3) is 0 Å². The van der Waals surface area contributed by atoms with Gasteiger partial charge in [0.25, 0.3) is 0 Å². The van der Waals surface area contributed by atoms with Crippen LogP contribution in [0, 0.1) is 0 Å². The average Bonchev–Trinajstić information content (AvgIpc) is 2.37. The Labute approximate surface area is 106 Å². The largest absolute Gasteiger partial charge is 0.468 e. The second kappa shape index (κ2) is 9.41. The van der Waals surface area contributed by atoms with Gasteiger partial charge in [-0.2, -0.15) is 0 Å². The first-order valence-corrected chi connectivity index (χ1v) is 5.45. The molecule has 0 aliphatic rings. The highest BCUT2D eigenvalue weighted by molar-refractivity contribution is 5.85. The Morgan fingerprint density at radius 2 is 1.44 bits per heavy atom. The topological polar surface area (TPSA) is 82.1 Å². The van der Waals surface area contributed by atoms with Crippen LogP contribution in [0.4, 0.5) is 0 Å². The van der Waals surface area contributed by atoms with Crippen molar-refractivity contribution in [2.45, 2.75) is 12.8 Å². The van der Waals surface area contributed by atoms with Gasteiger partial charge >= 0.3 is 11.9 Å². The van der Waals surface area contributed by atoms with Crippen LogP contribution in [0.3, 0.4) is 0 Å². The fourth-order valence-electron chi connectivity index (χ4n) is 1.20. The first-order chi connectivity index (χ1) is 8.54. The van der Waals surface area contributed by atoms with Crippen molar-refractivity contribution in [3.05, 3.63) is 0 Å². The summed E-state index contributed by atoms with van der Waals surface area (Å²) in [5.74, 6) is -1.49. The van der Waals surface area contributed by atoms with Crippen LogP contribution in [0.15, 0.2) is 0 Å². The maximum atomic E-state index is 11.8. The number of amides is 1. The minimum atomic E-state index is -0.584. The van der Waals surface area contributed by atoms with Gasteiger partial charge < -0.3 is 19.1 Å². The van der Waals surface area contributed by atoms with E-state index in [1.165, 1.54) is 21.3 Å². The van der Waals surface area contributed by atoms with Gasteiger partial charge in [0, 0.05) is 20.1 Å². The van der Waals surface area contributed by atoms with Crippen molar-refractivity contribution in [1.82, 2.24) is 4.90 Å². The minimum Gasteiger partial charge on any atom is -0.468 e. The Balaban J connectivity index is 4.38. The molecule has 0 radical (unpaired) electrons. The van der Waals surface area contributed by atoms with Crippen molar-refractivity contribution in [3.63, 3.8) is 0 Å². The Morgan fingerprint density at radius 1 is 0.944 bits per heavy atom. The van der Waals surface area contributed by atoms with Crippen molar-refractivity contribution < 1.29 is 28.6 Å².